The number of rotatable bonds is 4. The van der Waals surface area contributed by atoms with Crippen LogP contribution in [0, 0.1) is 5.92 Å². The Morgan fingerprint density at radius 1 is 1.32 bits per heavy atom. The van der Waals surface area contributed by atoms with Crippen molar-refractivity contribution in [2.45, 2.75) is 25.8 Å². The Balaban J connectivity index is 2.17. The van der Waals surface area contributed by atoms with Crippen LogP contribution in [0.15, 0.2) is 24.3 Å². The van der Waals surface area contributed by atoms with Gasteiger partial charge in [-0.15, -0.1) is 0 Å². The number of nitrogens with two attached hydrogens (primary N) is 1. The fourth-order valence-corrected chi connectivity index (χ4v) is 2.91. The van der Waals surface area contributed by atoms with E-state index in [0.29, 0.717) is 4.99 Å². The molecule has 0 aliphatic carbocycles. The third kappa shape index (κ3) is 3.45. The molecule has 1 heterocycles. The lowest BCUT2D eigenvalue weighted by Gasteiger charge is -2.36. The number of ether oxygens (including phenoxy) is 1. The molecule has 4 heteroatoms. The molecule has 1 aromatic carbocycles. The maximum atomic E-state index is 5.96. The second-order valence-electron chi connectivity index (χ2n) is 5.30. The first-order valence-corrected chi connectivity index (χ1v) is 7.20. The molecule has 19 heavy (non-hydrogen) atoms. The van der Waals surface area contributed by atoms with Crippen LogP contribution in [0.2, 0.25) is 0 Å². The molecule has 3 nitrogen and oxygen atoms in total. The van der Waals surface area contributed by atoms with Gasteiger partial charge in [-0.1, -0.05) is 31.3 Å². The number of hydrogen-bond acceptors (Lipinski definition) is 3. The summed E-state index contributed by atoms with van der Waals surface area (Å²) in [6, 6.07) is 8.09. The zero-order chi connectivity index (χ0) is 13.8. The van der Waals surface area contributed by atoms with Gasteiger partial charge in [0.05, 0.1) is 18.1 Å². The van der Waals surface area contributed by atoms with E-state index in [9.17, 15) is 0 Å². The third-order valence-corrected chi connectivity index (χ3v) is 4.11. The van der Waals surface area contributed by atoms with Crippen molar-refractivity contribution in [1.29, 1.82) is 0 Å². The first-order valence-electron chi connectivity index (χ1n) is 6.79. The average Bonchev–Trinajstić information content (AvgIpc) is 2.42. The molecule has 0 spiro atoms. The fraction of sp³-hybridized carbons (Fsp3) is 0.533. The Labute approximate surface area is 120 Å². The first kappa shape index (κ1) is 14.3. The summed E-state index contributed by atoms with van der Waals surface area (Å²) in [5.41, 5.74) is 7.12. The van der Waals surface area contributed by atoms with Crippen molar-refractivity contribution in [3.63, 3.8) is 0 Å². The number of piperidine rings is 1. The number of nitrogens with zero attached hydrogens (tertiary/aromatic N) is 1. The molecule has 0 amide bonds. The lowest BCUT2D eigenvalue weighted by Crippen LogP contribution is -2.41. The van der Waals surface area contributed by atoms with Gasteiger partial charge in [-0.05, 0) is 49.5 Å². The van der Waals surface area contributed by atoms with Crippen LogP contribution in [0.25, 0.3) is 0 Å². The molecule has 104 valence electrons. The smallest absolute Gasteiger partial charge is 0.118 e. The first-order chi connectivity index (χ1) is 9.11. The molecule has 1 aliphatic heterocycles. The summed E-state index contributed by atoms with van der Waals surface area (Å²) in [6.07, 6.45) is 2.44. The summed E-state index contributed by atoms with van der Waals surface area (Å²) in [5.74, 6) is 1.66. The Morgan fingerprint density at radius 3 is 2.37 bits per heavy atom. The van der Waals surface area contributed by atoms with Gasteiger partial charge < -0.3 is 10.5 Å². The Morgan fingerprint density at radius 2 is 1.89 bits per heavy atom. The van der Waals surface area contributed by atoms with Gasteiger partial charge in [0, 0.05) is 0 Å². The quantitative estimate of drug-likeness (QED) is 0.860. The van der Waals surface area contributed by atoms with Gasteiger partial charge in [0.25, 0.3) is 0 Å². The molecular weight excluding hydrogens is 256 g/mol. The molecule has 2 N–H and O–H groups in total. The van der Waals surface area contributed by atoms with E-state index in [-0.39, 0.29) is 6.04 Å². The second-order valence-corrected chi connectivity index (χ2v) is 5.77. The van der Waals surface area contributed by atoms with Crippen LogP contribution >= 0.6 is 12.2 Å². The van der Waals surface area contributed by atoms with Gasteiger partial charge in [0.15, 0.2) is 0 Å². The summed E-state index contributed by atoms with van der Waals surface area (Å²) in [5, 5.41) is 0. The van der Waals surface area contributed by atoms with Crippen LogP contribution in [0.3, 0.4) is 0 Å². The van der Waals surface area contributed by atoms with Crippen molar-refractivity contribution in [3.05, 3.63) is 29.8 Å². The maximum absolute atomic E-state index is 5.96. The van der Waals surface area contributed by atoms with Gasteiger partial charge >= 0.3 is 0 Å². The fourth-order valence-electron chi connectivity index (χ4n) is 2.63. The van der Waals surface area contributed by atoms with E-state index in [1.54, 1.807) is 7.11 Å². The standard InChI is InChI=1S/C15H22N2OS/c1-11-7-9-17(10-8-11)14(15(16)19)12-3-5-13(18-2)6-4-12/h3-6,11,14H,7-10H2,1-2H3,(H2,16,19). The predicted molar refractivity (Wildman–Crippen MR) is 82.5 cm³/mol. The average molecular weight is 278 g/mol. The van der Waals surface area contributed by atoms with E-state index in [1.807, 2.05) is 12.1 Å². The van der Waals surface area contributed by atoms with Crippen molar-refractivity contribution in [2.75, 3.05) is 20.2 Å². The van der Waals surface area contributed by atoms with E-state index in [4.69, 9.17) is 22.7 Å². The number of benzene rings is 1. The van der Waals surface area contributed by atoms with Crippen molar-refractivity contribution in [3.8, 4) is 5.75 Å². The third-order valence-electron chi connectivity index (χ3n) is 3.88. The Kier molecular flexibility index (Phi) is 4.77. The van der Waals surface area contributed by atoms with Gasteiger partial charge in [-0.3, -0.25) is 4.90 Å². The Hall–Kier alpha value is -1.13. The van der Waals surface area contributed by atoms with Crippen molar-refractivity contribution in [1.82, 2.24) is 4.90 Å². The van der Waals surface area contributed by atoms with E-state index in [1.165, 1.54) is 12.8 Å². The minimum Gasteiger partial charge on any atom is -0.497 e. The van der Waals surface area contributed by atoms with Crippen molar-refractivity contribution < 1.29 is 4.74 Å². The Bertz CT molecular complexity index is 424. The lowest BCUT2D eigenvalue weighted by molar-refractivity contribution is 0.171. The molecule has 0 saturated carbocycles. The largest absolute Gasteiger partial charge is 0.497 e. The summed E-state index contributed by atoms with van der Waals surface area (Å²) < 4.78 is 5.19. The molecule has 0 radical (unpaired) electrons. The van der Waals surface area contributed by atoms with Crippen LogP contribution in [-0.4, -0.2) is 30.1 Å². The molecule has 1 atom stereocenters. The molecule has 0 bridgehead atoms. The summed E-state index contributed by atoms with van der Waals surface area (Å²) in [7, 11) is 1.67. The number of hydrogen-bond donors (Lipinski definition) is 1. The predicted octanol–water partition coefficient (Wildman–Crippen LogP) is 2.75. The van der Waals surface area contributed by atoms with Gasteiger partial charge in [-0.25, -0.2) is 0 Å². The minimum atomic E-state index is 0.0495. The van der Waals surface area contributed by atoms with E-state index in [2.05, 4.69) is 24.0 Å². The van der Waals surface area contributed by atoms with Gasteiger partial charge in [-0.2, -0.15) is 0 Å². The minimum absolute atomic E-state index is 0.0495. The van der Waals surface area contributed by atoms with Crippen LogP contribution in [-0.2, 0) is 0 Å². The zero-order valence-corrected chi connectivity index (χ0v) is 12.5. The summed E-state index contributed by atoms with van der Waals surface area (Å²) in [6.45, 7) is 4.44. The topological polar surface area (TPSA) is 38.5 Å². The monoisotopic (exact) mass is 278 g/mol. The van der Waals surface area contributed by atoms with E-state index >= 15 is 0 Å². The van der Waals surface area contributed by atoms with Crippen LogP contribution < -0.4 is 10.5 Å². The van der Waals surface area contributed by atoms with E-state index < -0.39 is 0 Å². The highest BCUT2D eigenvalue weighted by Gasteiger charge is 2.26. The molecule has 1 fully saturated rings. The normalized spacial score (nSPS) is 19.1. The highest BCUT2D eigenvalue weighted by molar-refractivity contribution is 7.80. The molecule has 1 saturated heterocycles. The second kappa shape index (κ2) is 6.35. The summed E-state index contributed by atoms with van der Waals surface area (Å²) in [4.78, 5) is 2.95. The number of thiocarbonyl (C=S) groups is 1. The van der Waals surface area contributed by atoms with Crippen molar-refractivity contribution in [2.24, 2.45) is 11.7 Å². The number of methoxy groups -OCH3 is 1. The van der Waals surface area contributed by atoms with Crippen LogP contribution in [0.1, 0.15) is 31.4 Å². The van der Waals surface area contributed by atoms with E-state index in [0.717, 1.165) is 30.3 Å². The molecule has 1 unspecified atom stereocenters. The van der Waals surface area contributed by atoms with Crippen LogP contribution in [0.5, 0.6) is 5.75 Å². The molecule has 0 aromatic heterocycles. The highest BCUT2D eigenvalue weighted by Crippen LogP contribution is 2.28. The highest BCUT2D eigenvalue weighted by atomic mass is 32.1. The zero-order valence-electron chi connectivity index (χ0n) is 11.6. The molecule has 2 rings (SSSR count). The molecule has 1 aromatic rings. The lowest BCUT2D eigenvalue weighted by atomic mass is 9.95. The van der Waals surface area contributed by atoms with Crippen LogP contribution in [0.4, 0.5) is 0 Å². The van der Waals surface area contributed by atoms with Gasteiger partial charge in [0.2, 0.25) is 0 Å². The number of likely N-dealkylation sites (tertiary alicyclic amines) is 1. The maximum Gasteiger partial charge on any atom is 0.118 e. The molecular formula is C15H22N2OS. The van der Waals surface area contributed by atoms with Crippen molar-refractivity contribution >= 4 is 17.2 Å². The molecule has 1 aliphatic rings. The summed E-state index contributed by atoms with van der Waals surface area (Å²) >= 11 is 5.28. The SMILES string of the molecule is COc1ccc(C(C(N)=S)N2CCC(C)CC2)cc1. The van der Waals surface area contributed by atoms with Gasteiger partial charge in [0.1, 0.15) is 5.75 Å².